The molecule has 0 radical (unpaired) electrons. The topological polar surface area (TPSA) is 58.6 Å². The predicted octanol–water partition coefficient (Wildman–Crippen LogP) is 4.49. The largest absolute Gasteiger partial charge is 0.478 e. The first-order chi connectivity index (χ1) is 14.7. The number of nitrogens with zero attached hydrogens (tertiary/aromatic N) is 1. The lowest BCUT2D eigenvalue weighted by atomic mass is 9.50. The molecular weight excluding hydrogens is 412 g/mol. The van der Waals surface area contributed by atoms with Gasteiger partial charge >= 0.3 is 0 Å². The number of hydrogen-bond acceptors (Lipinski definition) is 3. The predicted molar refractivity (Wildman–Crippen MR) is 120 cm³/mol. The molecular formula is C25H33ClN2O3. The van der Waals surface area contributed by atoms with E-state index in [1.807, 2.05) is 32.9 Å². The van der Waals surface area contributed by atoms with Gasteiger partial charge in [0, 0.05) is 29.6 Å². The van der Waals surface area contributed by atoms with Crippen LogP contribution in [0.2, 0.25) is 5.02 Å². The molecule has 1 aliphatic heterocycles. The molecule has 1 unspecified atom stereocenters. The molecule has 6 rings (SSSR count). The molecule has 1 aromatic carbocycles. The van der Waals surface area contributed by atoms with Crippen molar-refractivity contribution in [2.24, 2.45) is 17.8 Å². The van der Waals surface area contributed by atoms with Crippen LogP contribution in [-0.2, 0) is 9.59 Å². The number of nitrogens with one attached hydrogen (secondary N) is 1. The van der Waals surface area contributed by atoms with E-state index in [4.69, 9.17) is 16.3 Å². The molecule has 6 heteroatoms. The van der Waals surface area contributed by atoms with Gasteiger partial charge in [-0.2, -0.15) is 0 Å². The second-order valence-electron chi connectivity index (χ2n) is 10.9. The molecule has 1 saturated heterocycles. The van der Waals surface area contributed by atoms with E-state index in [-0.39, 0.29) is 17.5 Å². The Kier molecular flexibility index (Phi) is 5.04. The SMILES string of the molecule is Cc1cc(Cl)ccc1OC(C)(C)C(=O)N[C@H]1[C@@H]2CC3C[C@H]1C[C@](N1CCCC1=O)(C3)C2. The molecule has 0 spiro atoms. The van der Waals surface area contributed by atoms with Crippen molar-refractivity contribution in [3.63, 3.8) is 0 Å². The first-order valence-corrected chi connectivity index (χ1v) is 12.1. The van der Waals surface area contributed by atoms with Crippen LogP contribution in [0.15, 0.2) is 18.2 Å². The Balaban J connectivity index is 1.30. The van der Waals surface area contributed by atoms with Crippen LogP contribution in [0, 0.1) is 24.7 Å². The van der Waals surface area contributed by atoms with E-state index in [1.54, 1.807) is 6.07 Å². The van der Waals surface area contributed by atoms with Gasteiger partial charge in [0.25, 0.3) is 5.91 Å². The molecule has 5 aliphatic rings. The van der Waals surface area contributed by atoms with Gasteiger partial charge in [-0.15, -0.1) is 0 Å². The highest BCUT2D eigenvalue weighted by Gasteiger charge is 2.59. The van der Waals surface area contributed by atoms with Gasteiger partial charge < -0.3 is 15.0 Å². The first-order valence-electron chi connectivity index (χ1n) is 11.7. The zero-order valence-electron chi connectivity index (χ0n) is 18.7. The maximum absolute atomic E-state index is 13.3. The number of rotatable bonds is 5. The third-order valence-corrected chi connectivity index (χ3v) is 8.47. The molecule has 1 heterocycles. The van der Waals surface area contributed by atoms with Gasteiger partial charge in [-0.25, -0.2) is 0 Å². The lowest BCUT2D eigenvalue weighted by Gasteiger charge is -2.62. The van der Waals surface area contributed by atoms with E-state index in [2.05, 4.69) is 10.2 Å². The summed E-state index contributed by atoms with van der Waals surface area (Å²) < 4.78 is 6.13. The monoisotopic (exact) mass is 444 g/mol. The van der Waals surface area contributed by atoms with Gasteiger partial charge in [0.05, 0.1) is 0 Å². The smallest absolute Gasteiger partial charge is 0.263 e. The van der Waals surface area contributed by atoms with Crippen LogP contribution in [0.3, 0.4) is 0 Å². The Hall–Kier alpha value is -1.75. The standard InChI is InChI=1S/C25H33ClN2O3/c1-15-9-19(26)6-7-20(15)31-24(2,3)23(30)27-22-17-10-16-11-18(22)14-25(12-16,13-17)28-8-4-5-21(28)29/h6-7,9,16-18,22H,4-5,8,10-14H2,1-3H3,(H,27,30)/t16?,17-,18+,22+,25+. The molecule has 1 aromatic rings. The van der Waals surface area contributed by atoms with Crippen molar-refractivity contribution in [1.82, 2.24) is 10.2 Å². The normalized spacial score (nSPS) is 34.3. The van der Waals surface area contributed by atoms with Gasteiger partial charge in [0.1, 0.15) is 5.75 Å². The van der Waals surface area contributed by atoms with Crippen LogP contribution in [-0.4, -0.2) is 40.4 Å². The first kappa shape index (κ1) is 21.1. The van der Waals surface area contributed by atoms with Gasteiger partial charge in [-0.3, -0.25) is 9.59 Å². The number of carbonyl (C=O) groups is 2. The fourth-order valence-corrected chi connectivity index (χ4v) is 7.30. The Morgan fingerprint density at radius 3 is 2.55 bits per heavy atom. The van der Waals surface area contributed by atoms with Crippen LogP contribution in [0.25, 0.3) is 0 Å². The number of halogens is 1. The van der Waals surface area contributed by atoms with Crippen molar-refractivity contribution in [1.29, 1.82) is 0 Å². The Bertz CT molecular complexity index is 898. The molecule has 1 N–H and O–H groups in total. The quantitative estimate of drug-likeness (QED) is 0.727. The fourth-order valence-electron chi connectivity index (χ4n) is 7.07. The average molecular weight is 445 g/mol. The summed E-state index contributed by atoms with van der Waals surface area (Å²) in [6.07, 6.45) is 7.28. The minimum Gasteiger partial charge on any atom is -0.478 e. The minimum atomic E-state index is -0.976. The van der Waals surface area contributed by atoms with Crippen LogP contribution in [0.5, 0.6) is 5.75 Å². The third-order valence-electron chi connectivity index (χ3n) is 8.23. The van der Waals surface area contributed by atoms with Crippen LogP contribution < -0.4 is 10.1 Å². The van der Waals surface area contributed by atoms with Crippen LogP contribution >= 0.6 is 11.6 Å². The molecule has 2 amide bonds. The van der Waals surface area contributed by atoms with Gasteiger partial charge in [0.15, 0.2) is 5.60 Å². The fraction of sp³-hybridized carbons (Fsp3) is 0.680. The molecule has 4 saturated carbocycles. The highest BCUT2D eigenvalue weighted by molar-refractivity contribution is 6.30. The average Bonchev–Trinajstić information content (AvgIpc) is 3.13. The third kappa shape index (κ3) is 3.63. The van der Waals surface area contributed by atoms with E-state index in [0.717, 1.165) is 37.8 Å². The highest BCUT2D eigenvalue weighted by atomic mass is 35.5. The summed E-state index contributed by atoms with van der Waals surface area (Å²) in [5.41, 5.74) is -0.00614. The highest BCUT2D eigenvalue weighted by Crippen LogP contribution is 2.58. The summed E-state index contributed by atoms with van der Waals surface area (Å²) in [5.74, 6) is 2.57. The summed E-state index contributed by atoms with van der Waals surface area (Å²) in [6, 6.07) is 5.65. The zero-order chi connectivity index (χ0) is 22.0. The second-order valence-corrected chi connectivity index (χ2v) is 11.3. The van der Waals surface area contributed by atoms with Crippen molar-refractivity contribution in [2.45, 2.75) is 82.9 Å². The molecule has 4 aliphatic carbocycles. The summed E-state index contributed by atoms with van der Waals surface area (Å²) in [7, 11) is 0. The maximum Gasteiger partial charge on any atom is 0.263 e. The van der Waals surface area contributed by atoms with E-state index in [9.17, 15) is 9.59 Å². The Morgan fingerprint density at radius 1 is 1.23 bits per heavy atom. The van der Waals surface area contributed by atoms with E-state index in [0.29, 0.717) is 40.9 Å². The molecule has 5 nitrogen and oxygen atoms in total. The number of benzene rings is 1. The Labute approximate surface area is 189 Å². The number of aryl methyl sites for hydroxylation is 1. The maximum atomic E-state index is 13.3. The zero-order valence-corrected chi connectivity index (χ0v) is 19.5. The van der Waals surface area contributed by atoms with Crippen LogP contribution in [0.4, 0.5) is 0 Å². The molecule has 168 valence electrons. The van der Waals surface area contributed by atoms with Crippen LogP contribution in [0.1, 0.15) is 64.4 Å². The Morgan fingerprint density at radius 2 is 1.94 bits per heavy atom. The van der Waals surface area contributed by atoms with E-state index < -0.39 is 5.60 Å². The number of hydrogen-bond donors (Lipinski definition) is 1. The van der Waals surface area contributed by atoms with Crippen molar-refractivity contribution in [2.75, 3.05) is 6.54 Å². The summed E-state index contributed by atoms with van der Waals surface area (Å²) >= 11 is 6.06. The molecule has 31 heavy (non-hydrogen) atoms. The van der Waals surface area contributed by atoms with E-state index in [1.165, 1.54) is 12.8 Å². The lowest BCUT2D eigenvalue weighted by Crippen LogP contribution is -2.67. The number of amides is 2. The van der Waals surface area contributed by atoms with Gasteiger partial charge in [-0.05, 0) is 101 Å². The van der Waals surface area contributed by atoms with Gasteiger partial charge in [-0.1, -0.05) is 11.6 Å². The number of likely N-dealkylation sites (tertiary alicyclic amines) is 1. The number of carbonyl (C=O) groups excluding carboxylic acids is 2. The number of ether oxygens (including phenoxy) is 1. The molecule has 0 aromatic heterocycles. The summed E-state index contributed by atoms with van der Waals surface area (Å²) in [5, 5.41) is 4.04. The van der Waals surface area contributed by atoms with Crippen molar-refractivity contribution in [3.05, 3.63) is 28.8 Å². The van der Waals surface area contributed by atoms with Crippen molar-refractivity contribution >= 4 is 23.4 Å². The molecule has 4 bridgehead atoms. The van der Waals surface area contributed by atoms with Crippen molar-refractivity contribution in [3.8, 4) is 5.75 Å². The van der Waals surface area contributed by atoms with Gasteiger partial charge in [0.2, 0.25) is 5.91 Å². The second kappa shape index (κ2) is 7.40. The van der Waals surface area contributed by atoms with E-state index >= 15 is 0 Å². The molecule has 5 fully saturated rings. The summed E-state index contributed by atoms with van der Waals surface area (Å²) in [4.78, 5) is 28.1. The summed E-state index contributed by atoms with van der Waals surface area (Å²) in [6.45, 7) is 6.52. The lowest BCUT2D eigenvalue weighted by molar-refractivity contribution is -0.152. The minimum absolute atomic E-state index is 0.0533. The molecule has 5 atom stereocenters. The van der Waals surface area contributed by atoms with Crippen molar-refractivity contribution < 1.29 is 14.3 Å².